The Hall–Kier alpha value is -1.09. The zero-order chi connectivity index (χ0) is 25.3. The van der Waals surface area contributed by atoms with E-state index in [2.05, 4.69) is 32.6 Å². The fraction of sp³-hybridized carbons (Fsp3) is 0.900. The maximum Gasteiger partial charge on any atom is 0.303 e. The largest absolute Gasteiger partial charge is 0.481 e. The van der Waals surface area contributed by atoms with E-state index in [4.69, 9.17) is 9.47 Å². The van der Waals surface area contributed by atoms with Crippen LogP contribution >= 0.6 is 0 Å². The zero-order valence-electron chi connectivity index (χ0n) is 22.5. The van der Waals surface area contributed by atoms with Gasteiger partial charge < -0.3 is 19.7 Å². The number of fused-ring (bicyclic) bond motifs is 5. The van der Waals surface area contributed by atoms with Crippen LogP contribution in [0.3, 0.4) is 0 Å². The van der Waals surface area contributed by atoms with E-state index in [-0.39, 0.29) is 0 Å². The third-order valence-electron chi connectivity index (χ3n) is 11.2. The van der Waals surface area contributed by atoms with E-state index in [1.54, 1.807) is 7.11 Å². The minimum Gasteiger partial charge on any atom is -0.481 e. The number of carbonyl (C=O) groups is 1. The van der Waals surface area contributed by atoms with Crippen molar-refractivity contribution in [2.75, 3.05) is 26.9 Å². The van der Waals surface area contributed by atoms with Crippen LogP contribution < -0.4 is 0 Å². The quantitative estimate of drug-likeness (QED) is 0.346. The topological polar surface area (TPSA) is 76.0 Å². The normalized spacial score (nSPS) is 43.3. The number of carboxylic acids is 1. The summed E-state index contributed by atoms with van der Waals surface area (Å²) in [5.41, 5.74) is -0.199. The molecule has 0 aliphatic heterocycles. The highest BCUT2D eigenvalue weighted by Gasteiger charge is 2.61. The van der Waals surface area contributed by atoms with Crippen molar-refractivity contribution in [3.8, 4) is 11.8 Å². The van der Waals surface area contributed by atoms with Gasteiger partial charge >= 0.3 is 5.97 Å². The maximum atomic E-state index is 11.3. The molecule has 5 nitrogen and oxygen atoms in total. The first-order chi connectivity index (χ1) is 16.6. The van der Waals surface area contributed by atoms with Gasteiger partial charge in [-0.05, 0) is 111 Å². The molecule has 4 saturated carbocycles. The summed E-state index contributed by atoms with van der Waals surface area (Å²) in [5.74, 6) is 9.61. The van der Waals surface area contributed by atoms with Gasteiger partial charge in [0.2, 0.25) is 0 Å². The van der Waals surface area contributed by atoms with E-state index in [9.17, 15) is 15.0 Å². The summed E-state index contributed by atoms with van der Waals surface area (Å²) >= 11 is 0. The van der Waals surface area contributed by atoms with Crippen molar-refractivity contribution in [3.05, 3.63) is 0 Å². The lowest BCUT2D eigenvalue weighted by atomic mass is 9.43. The average molecular weight is 489 g/mol. The lowest BCUT2D eigenvalue weighted by Crippen LogP contribution is -2.55. The minimum atomic E-state index is -0.872. The molecular weight excluding hydrogens is 440 g/mol. The van der Waals surface area contributed by atoms with Crippen molar-refractivity contribution < 1.29 is 24.5 Å². The molecule has 0 radical (unpaired) electrons. The molecule has 4 rings (SSSR count). The van der Waals surface area contributed by atoms with Gasteiger partial charge in [-0.15, -0.1) is 0 Å². The van der Waals surface area contributed by atoms with Crippen LogP contribution in [0.25, 0.3) is 0 Å². The van der Waals surface area contributed by atoms with E-state index in [0.717, 1.165) is 43.4 Å². The second-order valence-corrected chi connectivity index (χ2v) is 12.9. The van der Waals surface area contributed by atoms with Gasteiger partial charge in [0.1, 0.15) is 12.2 Å². The number of carboxylic acid groups (broad SMARTS) is 1. The van der Waals surface area contributed by atoms with E-state index < -0.39 is 11.6 Å². The van der Waals surface area contributed by atoms with Crippen LogP contribution in [-0.2, 0) is 14.3 Å². The number of aliphatic carboxylic acids is 1. The van der Waals surface area contributed by atoms with Gasteiger partial charge in [-0.2, -0.15) is 0 Å². The Morgan fingerprint density at radius 2 is 1.80 bits per heavy atom. The van der Waals surface area contributed by atoms with E-state index in [1.165, 1.54) is 38.5 Å². The van der Waals surface area contributed by atoms with Gasteiger partial charge in [-0.1, -0.05) is 32.6 Å². The fourth-order valence-electron chi connectivity index (χ4n) is 9.35. The minimum absolute atomic E-state index is 0.301. The number of methoxy groups -OCH3 is 1. The number of rotatable bonds is 8. The highest BCUT2D eigenvalue weighted by Crippen LogP contribution is 2.68. The zero-order valence-corrected chi connectivity index (χ0v) is 22.5. The first-order valence-corrected chi connectivity index (χ1v) is 14.1. The molecule has 4 fully saturated rings. The monoisotopic (exact) mass is 488 g/mol. The van der Waals surface area contributed by atoms with Crippen molar-refractivity contribution in [3.63, 3.8) is 0 Å². The van der Waals surface area contributed by atoms with Gasteiger partial charge in [0.25, 0.3) is 0 Å². The van der Waals surface area contributed by atoms with Crippen LogP contribution in [0.15, 0.2) is 0 Å². The van der Waals surface area contributed by atoms with Crippen molar-refractivity contribution in [1.82, 2.24) is 0 Å². The third kappa shape index (κ3) is 5.32. The van der Waals surface area contributed by atoms with Gasteiger partial charge in [0, 0.05) is 13.5 Å². The van der Waals surface area contributed by atoms with Crippen molar-refractivity contribution in [2.24, 2.45) is 46.3 Å². The standard InChI is InChI=1S/C30H48O5/c1-21(6-11-27(31)32)24-9-10-25-23-8-7-22-20-30(33,13-5-17-35-19-18-34-4)16-15-28(22,2)26(23)12-14-29(24,25)3/h21-26,33H,6-12,14-20H2,1-4H3,(H,31,32)/t21-,22-,23+,24-,25+,26?,28+,29-,30+/m1/s1. The Morgan fingerprint density at radius 1 is 1.03 bits per heavy atom. The summed E-state index contributed by atoms with van der Waals surface area (Å²) in [4.78, 5) is 11.2. The molecule has 0 aromatic carbocycles. The molecule has 0 saturated heterocycles. The van der Waals surface area contributed by atoms with Crippen LogP contribution in [0.2, 0.25) is 0 Å². The van der Waals surface area contributed by atoms with Crippen LogP contribution in [0.1, 0.15) is 91.4 Å². The molecule has 0 spiro atoms. The van der Waals surface area contributed by atoms with Crippen LogP contribution in [0, 0.1) is 58.2 Å². The summed E-state index contributed by atoms with van der Waals surface area (Å²) in [7, 11) is 1.66. The summed E-state index contributed by atoms with van der Waals surface area (Å²) < 4.78 is 10.5. The molecule has 198 valence electrons. The molecule has 0 aromatic heterocycles. The predicted octanol–water partition coefficient (Wildman–Crippen LogP) is 5.54. The summed E-state index contributed by atoms with van der Waals surface area (Å²) in [5, 5.41) is 20.5. The summed E-state index contributed by atoms with van der Waals surface area (Å²) in [6.07, 6.45) is 11.4. The highest BCUT2D eigenvalue weighted by molar-refractivity contribution is 5.66. The van der Waals surface area contributed by atoms with E-state index in [1.807, 2.05) is 0 Å². The molecule has 2 N–H and O–H groups in total. The van der Waals surface area contributed by atoms with Gasteiger partial charge in [0.05, 0.1) is 13.2 Å². The summed E-state index contributed by atoms with van der Waals surface area (Å²) in [6.45, 7) is 8.83. The maximum absolute atomic E-state index is 11.3. The molecule has 0 amide bonds. The van der Waals surface area contributed by atoms with Gasteiger partial charge in [0.15, 0.2) is 0 Å². The molecule has 5 heteroatoms. The molecule has 1 unspecified atom stereocenters. The molecular formula is C30H48O5. The number of aliphatic hydroxyl groups is 1. The molecule has 4 aliphatic rings. The predicted molar refractivity (Wildman–Crippen MR) is 137 cm³/mol. The number of hydrogen-bond donors (Lipinski definition) is 2. The fourth-order valence-corrected chi connectivity index (χ4v) is 9.35. The Bertz CT molecular complexity index is 815. The molecule has 9 atom stereocenters. The smallest absolute Gasteiger partial charge is 0.303 e. The Labute approximate surface area is 212 Å². The van der Waals surface area contributed by atoms with Crippen LogP contribution in [-0.4, -0.2) is 48.7 Å². The lowest BCUT2D eigenvalue weighted by molar-refractivity contribution is -0.141. The van der Waals surface area contributed by atoms with Crippen molar-refractivity contribution >= 4 is 5.97 Å². The first-order valence-electron chi connectivity index (χ1n) is 14.1. The second-order valence-electron chi connectivity index (χ2n) is 12.9. The van der Waals surface area contributed by atoms with E-state index >= 15 is 0 Å². The van der Waals surface area contributed by atoms with Gasteiger partial charge in [-0.25, -0.2) is 0 Å². The van der Waals surface area contributed by atoms with E-state index in [0.29, 0.717) is 54.8 Å². The molecule has 0 bridgehead atoms. The SMILES string of the molecule is COCCOCC#C[C@]1(O)CC[C@]2(C)C3CC[C@]4(C)[C@@H]([C@H](C)CCC(=O)O)CC[C@H]4[C@@H]3CC[C@@H]2C1. The Balaban J connectivity index is 1.40. The van der Waals surface area contributed by atoms with Crippen molar-refractivity contribution in [2.45, 2.75) is 97.0 Å². The average Bonchev–Trinajstić information content (AvgIpc) is 3.18. The first kappa shape index (κ1) is 27.0. The van der Waals surface area contributed by atoms with Crippen LogP contribution in [0.5, 0.6) is 0 Å². The summed E-state index contributed by atoms with van der Waals surface area (Å²) in [6, 6.07) is 0. The molecule has 35 heavy (non-hydrogen) atoms. The third-order valence-corrected chi connectivity index (χ3v) is 11.2. The molecule has 4 aliphatic carbocycles. The molecule has 0 aromatic rings. The number of ether oxygens (including phenoxy) is 2. The van der Waals surface area contributed by atoms with Gasteiger partial charge in [-0.3, -0.25) is 4.79 Å². The Kier molecular flexibility index (Phi) is 8.26. The van der Waals surface area contributed by atoms with Crippen LogP contribution in [0.4, 0.5) is 0 Å². The van der Waals surface area contributed by atoms with Crippen molar-refractivity contribution in [1.29, 1.82) is 0 Å². The number of hydrogen-bond acceptors (Lipinski definition) is 4. The molecule has 0 heterocycles. The lowest BCUT2D eigenvalue weighted by Gasteiger charge is -2.62. The highest BCUT2D eigenvalue weighted by atomic mass is 16.5. The second kappa shape index (κ2) is 10.7. The Morgan fingerprint density at radius 3 is 2.54 bits per heavy atom.